The number of fused-ring (bicyclic) bond motifs is 1. The van der Waals surface area contributed by atoms with Crippen LogP contribution in [0.4, 0.5) is 5.82 Å². The topological polar surface area (TPSA) is 63.1 Å². The highest BCUT2D eigenvalue weighted by Gasteiger charge is 2.23. The minimum Gasteiger partial charge on any atom is -0.356 e. The van der Waals surface area contributed by atoms with Crippen molar-refractivity contribution in [2.75, 3.05) is 18.0 Å². The summed E-state index contributed by atoms with van der Waals surface area (Å²) in [7, 11) is 1.80. The van der Waals surface area contributed by atoms with Crippen LogP contribution in [0.2, 0.25) is 0 Å². The first kappa shape index (κ1) is 16.6. The molecular formula is C20H23N5O. The minimum atomic E-state index is -0.0459. The van der Waals surface area contributed by atoms with Gasteiger partial charge in [-0.1, -0.05) is 18.2 Å². The van der Waals surface area contributed by atoms with Gasteiger partial charge in [0.2, 0.25) is 0 Å². The number of amides is 1. The Morgan fingerprint density at radius 3 is 2.65 bits per heavy atom. The second kappa shape index (κ2) is 6.78. The molecule has 0 aliphatic carbocycles. The third-order valence-corrected chi connectivity index (χ3v) is 4.97. The van der Waals surface area contributed by atoms with Crippen molar-refractivity contribution >= 4 is 22.6 Å². The average molecular weight is 349 g/mol. The summed E-state index contributed by atoms with van der Waals surface area (Å²) >= 11 is 0. The summed E-state index contributed by atoms with van der Waals surface area (Å²) in [6.45, 7) is 3.67. The van der Waals surface area contributed by atoms with Crippen molar-refractivity contribution in [1.29, 1.82) is 0 Å². The number of anilines is 1. The van der Waals surface area contributed by atoms with E-state index in [1.807, 2.05) is 31.2 Å². The molecule has 1 aromatic carbocycles. The largest absolute Gasteiger partial charge is 0.356 e. The van der Waals surface area contributed by atoms with Crippen LogP contribution in [0.1, 0.15) is 29.0 Å². The van der Waals surface area contributed by atoms with Crippen molar-refractivity contribution < 1.29 is 4.79 Å². The molecule has 1 fully saturated rings. The number of pyridine rings is 1. The lowest BCUT2D eigenvalue weighted by molar-refractivity contribution is 0.0921. The second-order valence-corrected chi connectivity index (χ2v) is 6.89. The monoisotopic (exact) mass is 349 g/mol. The molecule has 26 heavy (non-hydrogen) atoms. The molecule has 4 rings (SSSR count). The van der Waals surface area contributed by atoms with E-state index < -0.39 is 0 Å². The van der Waals surface area contributed by atoms with Gasteiger partial charge in [-0.15, -0.1) is 0 Å². The summed E-state index contributed by atoms with van der Waals surface area (Å²) in [5.41, 5.74) is 2.49. The van der Waals surface area contributed by atoms with E-state index in [-0.39, 0.29) is 11.9 Å². The van der Waals surface area contributed by atoms with Gasteiger partial charge in [-0.2, -0.15) is 5.10 Å². The fourth-order valence-corrected chi connectivity index (χ4v) is 3.57. The SMILES string of the molecule is Cc1cc(C(=O)NC2CCN(c3ccc4ccccc4n3)CC2)n(C)n1. The van der Waals surface area contributed by atoms with Gasteiger partial charge in [0.05, 0.1) is 11.2 Å². The number of para-hydroxylation sites is 1. The van der Waals surface area contributed by atoms with Crippen LogP contribution in [0, 0.1) is 6.92 Å². The molecule has 134 valence electrons. The normalized spacial score (nSPS) is 15.4. The van der Waals surface area contributed by atoms with Gasteiger partial charge in [0.1, 0.15) is 11.5 Å². The quantitative estimate of drug-likeness (QED) is 0.790. The Labute approximate surface area is 152 Å². The molecule has 6 heteroatoms. The Hall–Kier alpha value is -2.89. The van der Waals surface area contributed by atoms with Gasteiger partial charge >= 0.3 is 0 Å². The first-order valence-electron chi connectivity index (χ1n) is 9.02. The maximum Gasteiger partial charge on any atom is 0.269 e. The van der Waals surface area contributed by atoms with E-state index in [0.29, 0.717) is 5.69 Å². The summed E-state index contributed by atoms with van der Waals surface area (Å²) in [5, 5.41) is 8.54. The van der Waals surface area contributed by atoms with Gasteiger partial charge in [-0.25, -0.2) is 4.98 Å². The van der Waals surface area contributed by atoms with Crippen LogP contribution < -0.4 is 10.2 Å². The molecule has 1 aliphatic heterocycles. The summed E-state index contributed by atoms with van der Waals surface area (Å²) in [6.07, 6.45) is 1.83. The molecule has 1 aliphatic rings. The van der Waals surface area contributed by atoms with E-state index >= 15 is 0 Å². The zero-order valence-corrected chi connectivity index (χ0v) is 15.1. The number of rotatable bonds is 3. The van der Waals surface area contributed by atoms with Crippen LogP contribution in [0.5, 0.6) is 0 Å². The van der Waals surface area contributed by atoms with Gasteiger partial charge < -0.3 is 10.2 Å². The molecule has 1 amide bonds. The van der Waals surface area contributed by atoms with E-state index in [9.17, 15) is 4.79 Å². The number of benzene rings is 1. The van der Waals surface area contributed by atoms with Crippen molar-refractivity contribution in [3.8, 4) is 0 Å². The molecule has 0 saturated carbocycles. The number of nitrogens with one attached hydrogen (secondary N) is 1. The molecule has 1 saturated heterocycles. The molecule has 3 heterocycles. The van der Waals surface area contributed by atoms with E-state index in [2.05, 4.69) is 33.5 Å². The molecule has 0 unspecified atom stereocenters. The lowest BCUT2D eigenvalue weighted by atomic mass is 10.0. The van der Waals surface area contributed by atoms with E-state index in [4.69, 9.17) is 4.98 Å². The van der Waals surface area contributed by atoms with Crippen LogP contribution in [0.25, 0.3) is 10.9 Å². The Balaban J connectivity index is 1.39. The standard InChI is InChI=1S/C20H23N5O/c1-14-13-18(24(2)23-14)20(26)21-16-9-11-25(12-10-16)19-8-7-15-5-3-4-6-17(15)22-19/h3-8,13,16H,9-12H2,1-2H3,(H,21,26). The zero-order chi connectivity index (χ0) is 18.1. The first-order valence-corrected chi connectivity index (χ1v) is 9.02. The van der Waals surface area contributed by atoms with E-state index in [0.717, 1.165) is 48.3 Å². The molecule has 0 atom stereocenters. The van der Waals surface area contributed by atoms with Crippen LogP contribution >= 0.6 is 0 Å². The predicted octanol–water partition coefficient (Wildman–Crippen LogP) is 2.68. The summed E-state index contributed by atoms with van der Waals surface area (Å²) in [6, 6.07) is 14.4. The number of piperidine rings is 1. The van der Waals surface area contributed by atoms with Crippen molar-refractivity contribution in [2.24, 2.45) is 7.05 Å². The maximum absolute atomic E-state index is 12.4. The molecule has 0 spiro atoms. The molecule has 0 radical (unpaired) electrons. The van der Waals surface area contributed by atoms with Gasteiger partial charge in [0, 0.05) is 31.6 Å². The molecule has 2 aromatic heterocycles. The van der Waals surface area contributed by atoms with Crippen molar-refractivity contribution in [2.45, 2.75) is 25.8 Å². The minimum absolute atomic E-state index is 0.0459. The van der Waals surface area contributed by atoms with Crippen LogP contribution in [0.15, 0.2) is 42.5 Å². The highest BCUT2D eigenvalue weighted by molar-refractivity contribution is 5.92. The highest BCUT2D eigenvalue weighted by Crippen LogP contribution is 2.21. The van der Waals surface area contributed by atoms with Gasteiger partial charge in [-0.3, -0.25) is 9.48 Å². The highest BCUT2D eigenvalue weighted by atomic mass is 16.2. The Bertz CT molecular complexity index is 940. The van der Waals surface area contributed by atoms with Crippen LogP contribution in [0.3, 0.4) is 0 Å². The zero-order valence-electron chi connectivity index (χ0n) is 15.1. The lowest BCUT2D eigenvalue weighted by Gasteiger charge is -2.33. The predicted molar refractivity (Wildman–Crippen MR) is 102 cm³/mol. The van der Waals surface area contributed by atoms with Crippen molar-refractivity contribution in [3.05, 3.63) is 53.9 Å². The van der Waals surface area contributed by atoms with Gasteiger partial charge in [0.15, 0.2) is 0 Å². The summed E-state index contributed by atoms with van der Waals surface area (Å²) in [5.74, 6) is 0.964. The molecule has 1 N–H and O–H groups in total. The van der Waals surface area contributed by atoms with E-state index in [1.165, 1.54) is 0 Å². The first-order chi connectivity index (χ1) is 12.6. The Morgan fingerprint density at radius 2 is 1.92 bits per heavy atom. The maximum atomic E-state index is 12.4. The Kier molecular flexibility index (Phi) is 4.32. The fourth-order valence-electron chi connectivity index (χ4n) is 3.57. The number of carbonyl (C=O) groups excluding carboxylic acids is 1. The third kappa shape index (κ3) is 3.27. The third-order valence-electron chi connectivity index (χ3n) is 4.97. The van der Waals surface area contributed by atoms with Gasteiger partial charge in [-0.05, 0) is 44.0 Å². The van der Waals surface area contributed by atoms with Crippen molar-refractivity contribution in [1.82, 2.24) is 20.1 Å². The molecule has 3 aromatic rings. The molecule has 0 bridgehead atoms. The molecular weight excluding hydrogens is 326 g/mol. The lowest BCUT2D eigenvalue weighted by Crippen LogP contribution is -2.45. The van der Waals surface area contributed by atoms with Crippen molar-refractivity contribution in [3.63, 3.8) is 0 Å². The molecule has 6 nitrogen and oxygen atoms in total. The summed E-state index contributed by atoms with van der Waals surface area (Å²) in [4.78, 5) is 19.5. The number of hydrogen-bond acceptors (Lipinski definition) is 4. The Morgan fingerprint density at radius 1 is 1.15 bits per heavy atom. The summed E-state index contributed by atoms with van der Waals surface area (Å²) < 4.78 is 1.64. The van der Waals surface area contributed by atoms with Crippen LogP contribution in [-0.2, 0) is 7.05 Å². The fraction of sp³-hybridized carbons (Fsp3) is 0.350. The van der Waals surface area contributed by atoms with E-state index in [1.54, 1.807) is 11.7 Å². The number of nitrogens with zero attached hydrogens (tertiary/aromatic N) is 4. The number of carbonyl (C=O) groups is 1. The number of aromatic nitrogens is 3. The van der Waals surface area contributed by atoms with Crippen LogP contribution in [-0.4, -0.2) is 39.8 Å². The van der Waals surface area contributed by atoms with Gasteiger partial charge in [0.25, 0.3) is 5.91 Å². The second-order valence-electron chi connectivity index (χ2n) is 6.89. The average Bonchev–Trinajstić information content (AvgIpc) is 3.00. The number of hydrogen-bond donors (Lipinski definition) is 1. The smallest absolute Gasteiger partial charge is 0.269 e. The number of aryl methyl sites for hydroxylation is 2.